The van der Waals surface area contributed by atoms with Crippen molar-refractivity contribution in [1.82, 2.24) is 9.97 Å². The van der Waals surface area contributed by atoms with E-state index in [1.54, 1.807) is 20.1 Å². The van der Waals surface area contributed by atoms with Gasteiger partial charge in [-0.15, -0.1) is 0 Å². The van der Waals surface area contributed by atoms with Crippen LogP contribution in [0.4, 0.5) is 5.95 Å². The predicted octanol–water partition coefficient (Wildman–Crippen LogP) is 2.87. The highest BCUT2D eigenvalue weighted by Crippen LogP contribution is 2.12. The molecule has 0 aliphatic heterocycles. The van der Waals surface area contributed by atoms with Gasteiger partial charge >= 0.3 is 0 Å². The summed E-state index contributed by atoms with van der Waals surface area (Å²) in [7, 11) is 0. The Morgan fingerprint density at radius 3 is 2.61 bits per heavy atom. The Morgan fingerprint density at radius 1 is 1.30 bits per heavy atom. The predicted molar refractivity (Wildman–Crippen MR) is 92.3 cm³/mol. The molecule has 0 spiro atoms. The lowest BCUT2D eigenvalue weighted by Crippen LogP contribution is -2.15. The molecule has 6 heteroatoms. The Morgan fingerprint density at radius 2 is 2.00 bits per heavy atom. The van der Waals surface area contributed by atoms with Crippen molar-refractivity contribution in [1.29, 1.82) is 0 Å². The average Bonchev–Trinajstić information content (AvgIpc) is 2.51. The third-order valence-corrected chi connectivity index (χ3v) is 3.24. The zero-order valence-corrected chi connectivity index (χ0v) is 13.9. The lowest BCUT2D eigenvalue weighted by molar-refractivity contribution is 0.271. The van der Waals surface area contributed by atoms with Crippen molar-refractivity contribution in [2.75, 3.05) is 12.0 Å². The van der Waals surface area contributed by atoms with Gasteiger partial charge in [0.05, 0.1) is 12.8 Å². The standard InChI is InChI=1S/C17H22N4O2/c1-11(2)10-23-15-7-5-14(6-8-15)9-18-21-17-19-13(4)12(3)16(22)20-17/h5-9,11H,10H2,1-4H3,(H2,19,20,21,22)/b18-9-. The molecule has 1 heterocycles. The summed E-state index contributed by atoms with van der Waals surface area (Å²) < 4.78 is 5.62. The molecule has 2 N–H and O–H groups in total. The maximum atomic E-state index is 11.6. The van der Waals surface area contributed by atoms with Crippen molar-refractivity contribution < 1.29 is 4.74 Å². The van der Waals surface area contributed by atoms with Crippen LogP contribution in [0.15, 0.2) is 34.2 Å². The van der Waals surface area contributed by atoms with E-state index in [4.69, 9.17) is 4.74 Å². The summed E-state index contributed by atoms with van der Waals surface area (Å²) in [4.78, 5) is 18.5. The van der Waals surface area contributed by atoms with E-state index in [2.05, 4.69) is 34.3 Å². The zero-order chi connectivity index (χ0) is 16.8. The first-order valence-corrected chi connectivity index (χ1v) is 7.55. The molecule has 0 saturated carbocycles. The number of benzene rings is 1. The molecule has 1 aromatic carbocycles. The minimum absolute atomic E-state index is 0.165. The molecule has 2 aromatic rings. The summed E-state index contributed by atoms with van der Waals surface area (Å²) in [5.41, 5.74) is 4.77. The molecule has 23 heavy (non-hydrogen) atoms. The number of hydrogen-bond donors (Lipinski definition) is 2. The van der Waals surface area contributed by atoms with Crippen LogP contribution in [0.1, 0.15) is 30.7 Å². The first kappa shape index (κ1) is 16.7. The van der Waals surface area contributed by atoms with E-state index < -0.39 is 0 Å². The first-order valence-electron chi connectivity index (χ1n) is 7.55. The number of ether oxygens (including phenoxy) is 1. The molecule has 1 aromatic heterocycles. The van der Waals surface area contributed by atoms with Crippen LogP contribution in [0.3, 0.4) is 0 Å². The summed E-state index contributed by atoms with van der Waals surface area (Å²) in [6.07, 6.45) is 1.65. The van der Waals surface area contributed by atoms with Gasteiger partial charge < -0.3 is 4.74 Å². The van der Waals surface area contributed by atoms with Gasteiger partial charge in [-0.2, -0.15) is 5.10 Å². The minimum Gasteiger partial charge on any atom is -0.493 e. The number of nitrogens with one attached hydrogen (secondary N) is 2. The highest BCUT2D eigenvalue weighted by molar-refractivity contribution is 5.80. The summed E-state index contributed by atoms with van der Waals surface area (Å²) in [6.45, 7) is 8.43. The van der Waals surface area contributed by atoms with Gasteiger partial charge in [0.1, 0.15) is 5.75 Å². The molecule has 2 rings (SSSR count). The smallest absolute Gasteiger partial charge is 0.255 e. The van der Waals surface area contributed by atoms with Crippen LogP contribution in [-0.2, 0) is 0 Å². The van der Waals surface area contributed by atoms with E-state index in [0.717, 1.165) is 11.3 Å². The second-order valence-corrected chi connectivity index (χ2v) is 5.77. The summed E-state index contributed by atoms with van der Waals surface area (Å²) >= 11 is 0. The molecule has 122 valence electrons. The van der Waals surface area contributed by atoms with Crippen molar-refractivity contribution in [3.05, 3.63) is 51.4 Å². The van der Waals surface area contributed by atoms with Gasteiger partial charge in [-0.3, -0.25) is 9.78 Å². The van der Waals surface area contributed by atoms with E-state index in [-0.39, 0.29) is 5.56 Å². The van der Waals surface area contributed by atoms with E-state index in [0.29, 0.717) is 29.7 Å². The average molecular weight is 314 g/mol. The van der Waals surface area contributed by atoms with Crippen molar-refractivity contribution in [2.24, 2.45) is 11.0 Å². The van der Waals surface area contributed by atoms with E-state index in [9.17, 15) is 4.79 Å². The fraction of sp³-hybridized carbons (Fsp3) is 0.353. The molecule has 0 amide bonds. The fourth-order valence-electron chi connectivity index (χ4n) is 1.78. The maximum absolute atomic E-state index is 11.6. The number of hydrogen-bond acceptors (Lipinski definition) is 5. The molecule has 0 radical (unpaired) electrons. The molecular formula is C17H22N4O2. The van der Waals surface area contributed by atoms with E-state index in [1.807, 2.05) is 24.3 Å². The molecule has 0 atom stereocenters. The Hall–Kier alpha value is -2.63. The van der Waals surface area contributed by atoms with Crippen molar-refractivity contribution in [3.8, 4) is 5.75 Å². The van der Waals surface area contributed by atoms with Crippen LogP contribution in [0.2, 0.25) is 0 Å². The topological polar surface area (TPSA) is 79.4 Å². The molecule has 6 nitrogen and oxygen atoms in total. The Labute approximate surface area is 135 Å². The molecule has 0 bridgehead atoms. The van der Waals surface area contributed by atoms with Crippen LogP contribution < -0.4 is 15.7 Å². The summed E-state index contributed by atoms with van der Waals surface area (Å²) in [5.74, 6) is 1.66. The van der Waals surface area contributed by atoms with E-state index >= 15 is 0 Å². The van der Waals surface area contributed by atoms with Gasteiger partial charge in [-0.1, -0.05) is 13.8 Å². The van der Waals surface area contributed by atoms with Crippen molar-refractivity contribution >= 4 is 12.2 Å². The number of aryl methyl sites for hydroxylation is 1. The third kappa shape index (κ3) is 4.95. The molecule has 0 fully saturated rings. The molecule has 0 unspecified atom stereocenters. The highest BCUT2D eigenvalue weighted by atomic mass is 16.5. The maximum Gasteiger partial charge on any atom is 0.255 e. The normalized spacial score (nSPS) is 11.2. The van der Waals surface area contributed by atoms with Crippen molar-refractivity contribution in [3.63, 3.8) is 0 Å². The quantitative estimate of drug-likeness (QED) is 0.635. The lowest BCUT2D eigenvalue weighted by Gasteiger charge is -2.08. The van der Waals surface area contributed by atoms with Gasteiger partial charge in [0.2, 0.25) is 5.95 Å². The number of hydrazone groups is 1. The third-order valence-electron chi connectivity index (χ3n) is 3.24. The molecule has 0 saturated heterocycles. The summed E-state index contributed by atoms with van der Waals surface area (Å²) in [5, 5.41) is 4.08. The first-order chi connectivity index (χ1) is 11.0. The lowest BCUT2D eigenvalue weighted by atomic mass is 10.2. The van der Waals surface area contributed by atoms with Crippen LogP contribution in [0.5, 0.6) is 5.75 Å². The highest BCUT2D eigenvalue weighted by Gasteiger charge is 2.02. The monoisotopic (exact) mass is 314 g/mol. The second kappa shape index (κ2) is 7.58. The molecule has 0 aliphatic rings. The Bertz CT molecular complexity index is 733. The van der Waals surface area contributed by atoms with Gasteiger partial charge in [-0.05, 0) is 49.6 Å². The number of aromatic nitrogens is 2. The molecular weight excluding hydrogens is 292 g/mol. The number of H-pyrrole nitrogens is 1. The number of nitrogens with zero attached hydrogens (tertiary/aromatic N) is 2. The largest absolute Gasteiger partial charge is 0.493 e. The van der Waals surface area contributed by atoms with Gasteiger partial charge in [0, 0.05) is 11.3 Å². The Balaban J connectivity index is 1.97. The summed E-state index contributed by atoms with van der Waals surface area (Å²) in [6, 6.07) is 7.63. The van der Waals surface area contributed by atoms with Crippen molar-refractivity contribution in [2.45, 2.75) is 27.7 Å². The van der Waals surface area contributed by atoms with E-state index in [1.165, 1.54) is 0 Å². The zero-order valence-electron chi connectivity index (χ0n) is 13.9. The molecule has 0 aliphatic carbocycles. The van der Waals surface area contributed by atoms with Crippen LogP contribution in [0, 0.1) is 19.8 Å². The van der Waals surface area contributed by atoms with Crippen LogP contribution >= 0.6 is 0 Å². The SMILES string of the molecule is Cc1nc(N/N=C\c2ccc(OCC(C)C)cc2)[nH]c(=O)c1C. The second-order valence-electron chi connectivity index (χ2n) is 5.77. The fourth-order valence-corrected chi connectivity index (χ4v) is 1.78. The van der Waals surface area contributed by atoms with Gasteiger partial charge in [0.25, 0.3) is 5.56 Å². The van der Waals surface area contributed by atoms with Gasteiger partial charge in [-0.25, -0.2) is 10.4 Å². The van der Waals surface area contributed by atoms with Crippen LogP contribution in [0.25, 0.3) is 0 Å². The number of anilines is 1. The number of aromatic amines is 1. The Kier molecular flexibility index (Phi) is 5.51. The van der Waals surface area contributed by atoms with Gasteiger partial charge in [0.15, 0.2) is 0 Å². The van der Waals surface area contributed by atoms with Crippen LogP contribution in [-0.4, -0.2) is 22.8 Å². The number of rotatable bonds is 6. The minimum atomic E-state index is -0.165.